The minimum atomic E-state index is -0.467. The average Bonchev–Trinajstić information content (AvgIpc) is 3.20. The minimum Gasteiger partial charge on any atom is -0.370 e. The van der Waals surface area contributed by atoms with Gasteiger partial charge in [-0.1, -0.05) is 19.9 Å². The van der Waals surface area contributed by atoms with E-state index < -0.39 is 6.04 Å². The first kappa shape index (κ1) is 23.8. The monoisotopic (exact) mass is 456 g/mol. The van der Waals surface area contributed by atoms with Gasteiger partial charge in [-0.15, -0.1) is 11.3 Å². The quantitative estimate of drug-likeness (QED) is 0.363. The summed E-state index contributed by atoms with van der Waals surface area (Å²) >= 11 is 1.69. The van der Waals surface area contributed by atoms with Gasteiger partial charge in [0.05, 0.1) is 6.04 Å². The van der Waals surface area contributed by atoms with Crippen molar-refractivity contribution in [1.82, 2.24) is 19.9 Å². The molecule has 0 unspecified atom stereocenters. The zero-order valence-electron chi connectivity index (χ0n) is 19.1. The highest BCUT2D eigenvalue weighted by atomic mass is 32.1. The van der Waals surface area contributed by atoms with Crippen LogP contribution in [0.4, 0.5) is 16.8 Å². The molecule has 1 fully saturated rings. The van der Waals surface area contributed by atoms with Crippen LogP contribution in [-0.2, 0) is 16.0 Å². The molecule has 2 heterocycles. The lowest BCUT2D eigenvalue weighted by Crippen LogP contribution is -2.39. The zero-order valence-corrected chi connectivity index (χ0v) is 19.9. The Kier molecular flexibility index (Phi) is 8.33. The van der Waals surface area contributed by atoms with Crippen LogP contribution < -0.4 is 10.6 Å². The van der Waals surface area contributed by atoms with Gasteiger partial charge in [0.15, 0.2) is 10.9 Å². The van der Waals surface area contributed by atoms with Crippen LogP contribution in [0.1, 0.15) is 62.6 Å². The van der Waals surface area contributed by atoms with Gasteiger partial charge >= 0.3 is 0 Å². The SMILES string of the molecule is C=CC(=O)N(C)[C@@H](C)C(=O)CCCNc1cc(Nc2ncc(C3CCC3)s2)nc(CC)n1. The lowest BCUT2D eigenvalue weighted by Gasteiger charge is -2.23. The number of carbonyl (C=O) groups excluding carboxylic acids is 2. The Morgan fingerprint density at radius 1 is 1.34 bits per heavy atom. The van der Waals surface area contributed by atoms with Crippen molar-refractivity contribution in [2.75, 3.05) is 24.2 Å². The molecule has 2 aromatic heterocycles. The van der Waals surface area contributed by atoms with E-state index in [1.165, 1.54) is 35.1 Å². The molecule has 1 amide bonds. The Morgan fingerprint density at radius 3 is 2.75 bits per heavy atom. The summed E-state index contributed by atoms with van der Waals surface area (Å²) in [4.78, 5) is 40.4. The molecule has 2 N–H and O–H groups in total. The van der Waals surface area contributed by atoms with E-state index in [9.17, 15) is 9.59 Å². The third-order valence-electron chi connectivity index (χ3n) is 5.83. The number of carbonyl (C=O) groups is 2. The van der Waals surface area contributed by atoms with E-state index in [-0.39, 0.29) is 11.7 Å². The van der Waals surface area contributed by atoms with Gasteiger partial charge in [0.2, 0.25) is 5.91 Å². The maximum absolute atomic E-state index is 12.4. The summed E-state index contributed by atoms with van der Waals surface area (Å²) in [6.07, 6.45) is 8.74. The number of nitrogens with zero attached hydrogens (tertiary/aromatic N) is 4. The minimum absolute atomic E-state index is 0.0230. The van der Waals surface area contributed by atoms with Crippen LogP contribution in [0.2, 0.25) is 0 Å². The third kappa shape index (κ3) is 6.12. The van der Waals surface area contributed by atoms with Crippen LogP contribution >= 0.6 is 11.3 Å². The number of Topliss-reactive ketones (excluding diaryl/α,β-unsaturated/α-hetero) is 1. The second-order valence-corrected chi connectivity index (χ2v) is 9.12. The molecule has 32 heavy (non-hydrogen) atoms. The molecule has 0 aromatic carbocycles. The molecule has 1 aliphatic rings. The number of hydrogen-bond donors (Lipinski definition) is 2. The van der Waals surface area contributed by atoms with Gasteiger partial charge in [0.25, 0.3) is 0 Å². The molecule has 0 bridgehead atoms. The number of likely N-dealkylation sites (N-methyl/N-ethyl adjacent to an activating group) is 1. The summed E-state index contributed by atoms with van der Waals surface area (Å²) in [6.45, 7) is 7.81. The topological polar surface area (TPSA) is 100 Å². The van der Waals surface area contributed by atoms with Crippen LogP contribution in [-0.4, -0.2) is 51.2 Å². The Labute approximate surface area is 193 Å². The first-order valence-electron chi connectivity index (χ1n) is 11.2. The largest absolute Gasteiger partial charge is 0.370 e. The van der Waals surface area contributed by atoms with Crippen molar-refractivity contribution in [3.05, 3.63) is 35.6 Å². The second-order valence-electron chi connectivity index (χ2n) is 8.05. The van der Waals surface area contributed by atoms with Crippen LogP contribution in [0, 0.1) is 0 Å². The van der Waals surface area contributed by atoms with Crippen LogP contribution in [0.5, 0.6) is 0 Å². The van der Waals surface area contributed by atoms with Crippen molar-refractivity contribution < 1.29 is 9.59 Å². The van der Waals surface area contributed by atoms with Crippen molar-refractivity contribution in [3.8, 4) is 0 Å². The molecule has 0 saturated heterocycles. The molecule has 0 aliphatic heterocycles. The number of rotatable bonds is 12. The van der Waals surface area contributed by atoms with E-state index in [1.807, 2.05) is 19.2 Å². The predicted molar refractivity (Wildman–Crippen MR) is 129 cm³/mol. The smallest absolute Gasteiger partial charge is 0.246 e. The number of aromatic nitrogens is 3. The number of amides is 1. The number of anilines is 3. The molecule has 8 nitrogen and oxygen atoms in total. The summed E-state index contributed by atoms with van der Waals surface area (Å²) in [7, 11) is 1.62. The van der Waals surface area contributed by atoms with Crippen molar-refractivity contribution in [3.63, 3.8) is 0 Å². The summed E-state index contributed by atoms with van der Waals surface area (Å²) < 4.78 is 0. The van der Waals surface area contributed by atoms with Gasteiger partial charge in [0, 0.05) is 43.6 Å². The lowest BCUT2D eigenvalue weighted by molar-refractivity contribution is -0.133. The number of hydrogen-bond acceptors (Lipinski definition) is 8. The molecule has 3 rings (SSSR count). The Morgan fingerprint density at radius 2 is 2.09 bits per heavy atom. The van der Waals surface area contributed by atoms with E-state index in [0.717, 1.165) is 23.2 Å². The van der Waals surface area contributed by atoms with E-state index in [0.29, 0.717) is 31.1 Å². The normalized spacial score (nSPS) is 14.3. The fourth-order valence-electron chi connectivity index (χ4n) is 3.38. The van der Waals surface area contributed by atoms with Crippen LogP contribution in [0.15, 0.2) is 24.9 Å². The fraction of sp³-hybridized carbons (Fsp3) is 0.522. The molecule has 1 aliphatic carbocycles. The van der Waals surface area contributed by atoms with E-state index in [4.69, 9.17) is 0 Å². The molecule has 0 spiro atoms. The third-order valence-corrected chi connectivity index (χ3v) is 6.91. The van der Waals surface area contributed by atoms with Crippen molar-refractivity contribution in [2.45, 2.75) is 64.3 Å². The number of thiazole rings is 1. The Hall–Kier alpha value is -2.81. The zero-order chi connectivity index (χ0) is 23.1. The maximum Gasteiger partial charge on any atom is 0.246 e. The van der Waals surface area contributed by atoms with Gasteiger partial charge in [-0.3, -0.25) is 9.59 Å². The predicted octanol–water partition coefficient (Wildman–Crippen LogP) is 4.30. The van der Waals surface area contributed by atoms with Crippen LogP contribution in [0.3, 0.4) is 0 Å². The Bertz CT molecular complexity index is 956. The highest BCUT2D eigenvalue weighted by Gasteiger charge is 2.22. The van der Waals surface area contributed by atoms with Crippen molar-refractivity contribution in [1.29, 1.82) is 0 Å². The standard InChI is InChI=1S/C23H32N6O2S/c1-5-19-26-20(24-12-8-11-17(30)15(3)29(4)22(31)6-2)13-21(27-19)28-23-25-14-18(32-23)16-9-7-10-16/h6,13-16H,2,5,7-12H2,1,3-4H3,(H2,24,25,26,27,28)/t15-/m0/s1. The summed E-state index contributed by atoms with van der Waals surface area (Å²) in [5.74, 6) is 2.60. The summed E-state index contributed by atoms with van der Waals surface area (Å²) in [5.41, 5.74) is 0. The van der Waals surface area contributed by atoms with E-state index in [2.05, 4.69) is 32.2 Å². The van der Waals surface area contributed by atoms with E-state index >= 15 is 0 Å². The molecule has 1 saturated carbocycles. The van der Waals surface area contributed by atoms with Crippen molar-refractivity contribution in [2.24, 2.45) is 0 Å². The molecular weight excluding hydrogens is 424 g/mol. The van der Waals surface area contributed by atoms with Crippen molar-refractivity contribution >= 4 is 39.8 Å². The first-order valence-corrected chi connectivity index (χ1v) is 12.0. The molecule has 9 heteroatoms. The van der Waals surface area contributed by atoms with Gasteiger partial charge in [-0.2, -0.15) is 0 Å². The maximum atomic E-state index is 12.4. The van der Waals surface area contributed by atoms with E-state index in [1.54, 1.807) is 25.3 Å². The lowest BCUT2D eigenvalue weighted by atomic mass is 9.85. The molecule has 2 aromatic rings. The molecule has 0 radical (unpaired) electrons. The van der Waals surface area contributed by atoms with Gasteiger partial charge in [0.1, 0.15) is 17.5 Å². The summed E-state index contributed by atoms with van der Waals surface area (Å²) in [5, 5.41) is 7.44. The number of aryl methyl sites for hydroxylation is 1. The Balaban J connectivity index is 1.52. The first-order chi connectivity index (χ1) is 15.4. The average molecular weight is 457 g/mol. The second kappa shape index (κ2) is 11.2. The highest BCUT2D eigenvalue weighted by Crippen LogP contribution is 2.40. The van der Waals surface area contributed by atoms with Gasteiger partial charge in [-0.25, -0.2) is 15.0 Å². The number of ketones is 1. The van der Waals surface area contributed by atoms with Gasteiger partial charge < -0.3 is 15.5 Å². The molecule has 1 atom stereocenters. The molecule has 172 valence electrons. The number of nitrogens with one attached hydrogen (secondary N) is 2. The summed E-state index contributed by atoms with van der Waals surface area (Å²) in [6, 6.07) is 1.40. The fourth-order valence-corrected chi connectivity index (χ4v) is 4.38. The van der Waals surface area contributed by atoms with Crippen LogP contribution in [0.25, 0.3) is 0 Å². The molecular formula is C23H32N6O2S. The van der Waals surface area contributed by atoms with Gasteiger partial charge in [-0.05, 0) is 38.2 Å². The highest BCUT2D eigenvalue weighted by molar-refractivity contribution is 7.15.